The van der Waals surface area contributed by atoms with E-state index in [0.717, 1.165) is 42.5 Å². The summed E-state index contributed by atoms with van der Waals surface area (Å²) >= 11 is 0. The monoisotopic (exact) mass is 431 g/mol. The molecule has 1 aromatic heterocycles. The van der Waals surface area contributed by atoms with Crippen LogP contribution < -0.4 is 10.6 Å². The molecule has 168 valence electrons. The Morgan fingerprint density at radius 3 is 2.56 bits per heavy atom. The highest BCUT2D eigenvalue weighted by atomic mass is 15.2. The second kappa shape index (κ2) is 11.4. The van der Waals surface area contributed by atoms with Gasteiger partial charge in [-0.15, -0.1) is 0 Å². The number of hydrogen-bond donors (Lipinski definition) is 3. The van der Waals surface area contributed by atoms with Gasteiger partial charge in [-0.25, -0.2) is 9.98 Å². The van der Waals surface area contributed by atoms with Crippen LogP contribution in [-0.4, -0.2) is 45.7 Å². The van der Waals surface area contributed by atoms with Gasteiger partial charge in [0.15, 0.2) is 11.8 Å². The molecule has 0 unspecified atom stereocenters. The molecule has 7 nitrogen and oxygen atoms in total. The van der Waals surface area contributed by atoms with Crippen LogP contribution in [0.4, 0.5) is 0 Å². The van der Waals surface area contributed by atoms with Crippen molar-refractivity contribution in [1.29, 1.82) is 0 Å². The molecule has 7 heteroatoms. The summed E-state index contributed by atoms with van der Waals surface area (Å²) in [6.45, 7) is 7.75. The van der Waals surface area contributed by atoms with Crippen LogP contribution in [-0.2, 0) is 19.6 Å². The van der Waals surface area contributed by atoms with E-state index in [0.29, 0.717) is 6.54 Å². The number of nitrogens with zero attached hydrogens (tertiary/aromatic N) is 4. The summed E-state index contributed by atoms with van der Waals surface area (Å²) in [5, 5.41) is 13.6. The fourth-order valence-electron chi connectivity index (χ4n) is 4.00. The number of aromatic nitrogens is 3. The number of hydrogen-bond acceptors (Lipinski definition) is 4. The predicted molar refractivity (Wildman–Crippen MR) is 129 cm³/mol. The maximum atomic E-state index is 4.76. The summed E-state index contributed by atoms with van der Waals surface area (Å²) in [7, 11) is 0. The van der Waals surface area contributed by atoms with Crippen molar-refractivity contribution in [3.8, 4) is 11.4 Å². The third kappa shape index (κ3) is 6.40. The molecule has 1 saturated heterocycles. The lowest BCUT2D eigenvalue weighted by atomic mass is 10.1. The summed E-state index contributed by atoms with van der Waals surface area (Å²) in [6, 6.07) is 17.2. The highest BCUT2D eigenvalue weighted by Crippen LogP contribution is 2.16. The first-order valence-corrected chi connectivity index (χ1v) is 11.6. The molecule has 0 bridgehead atoms. The highest BCUT2D eigenvalue weighted by molar-refractivity contribution is 5.79. The Morgan fingerprint density at radius 2 is 1.81 bits per heavy atom. The number of aliphatic imine (C=N–C) groups is 1. The zero-order valence-corrected chi connectivity index (χ0v) is 18.8. The Kier molecular flexibility index (Phi) is 7.87. The number of rotatable bonds is 8. The van der Waals surface area contributed by atoms with E-state index >= 15 is 0 Å². The largest absolute Gasteiger partial charge is 0.357 e. The van der Waals surface area contributed by atoms with E-state index < -0.39 is 0 Å². The minimum Gasteiger partial charge on any atom is -0.357 e. The van der Waals surface area contributed by atoms with E-state index in [9.17, 15) is 0 Å². The number of aromatic amines is 1. The second-order valence-corrected chi connectivity index (χ2v) is 8.24. The van der Waals surface area contributed by atoms with E-state index in [1.165, 1.54) is 49.8 Å². The molecule has 3 N–H and O–H groups in total. The SMILES string of the molecule is CCNC(=NCc1cccc(-c2ncn[nH]2)c1)NCc1ccc(CN2CCCCC2)cc1. The molecule has 2 aromatic carbocycles. The van der Waals surface area contributed by atoms with Crippen molar-refractivity contribution in [3.63, 3.8) is 0 Å². The van der Waals surface area contributed by atoms with E-state index in [1.54, 1.807) is 0 Å². The van der Waals surface area contributed by atoms with E-state index in [-0.39, 0.29) is 0 Å². The van der Waals surface area contributed by atoms with Gasteiger partial charge in [0, 0.05) is 25.2 Å². The minimum absolute atomic E-state index is 0.589. The van der Waals surface area contributed by atoms with Crippen molar-refractivity contribution < 1.29 is 0 Å². The first-order valence-electron chi connectivity index (χ1n) is 11.6. The summed E-state index contributed by atoms with van der Waals surface area (Å²) in [6.07, 6.45) is 5.56. The van der Waals surface area contributed by atoms with Crippen LogP contribution in [0.3, 0.4) is 0 Å². The molecule has 0 amide bonds. The van der Waals surface area contributed by atoms with E-state index in [1.807, 2.05) is 12.1 Å². The summed E-state index contributed by atoms with van der Waals surface area (Å²) in [4.78, 5) is 11.5. The Labute approximate surface area is 190 Å². The first kappa shape index (κ1) is 22.0. The van der Waals surface area contributed by atoms with Gasteiger partial charge >= 0.3 is 0 Å². The van der Waals surface area contributed by atoms with Gasteiger partial charge < -0.3 is 10.6 Å². The predicted octanol–water partition coefficient (Wildman–Crippen LogP) is 3.71. The summed E-state index contributed by atoms with van der Waals surface area (Å²) in [5.74, 6) is 1.58. The smallest absolute Gasteiger partial charge is 0.191 e. The molecular formula is C25H33N7. The molecular weight excluding hydrogens is 398 g/mol. The van der Waals surface area contributed by atoms with Crippen LogP contribution in [0.5, 0.6) is 0 Å². The van der Waals surface area contributed by atoms with Crippen LogP contribution in [0.25, 0.3) is 11.4 Å². The van der Waals surface area contributed by atoms with Crippen LogP contribution in [0.15, 0.2) is 59.9 Å². The molecule has 2 heterocycles. The fraction of sp³-hybridized carbons (Fsp3) is 0.400. The summed E-state index contributed by atoms with van der Waals surface area (Å²) in [5.41, 5.74) is 4.78. The Bertz CT molecular complexity index is 974. The number of guanidine groups is 1. The van der Waals surface area contributed by atoms with Gasteiger partial charge in [0.05, 0.1) is 6.54 Å². The van der Waals surface area contributed by atoms with Crippen molar-refractivity contribution in [2.75, 3.05) is 19.6 Å². The normalized spacial score (nSPS) is 15.0. The number of piperidine rings is 1. The Hall–Kier alpha value is -3.19. The lowest BCUT2D eigenvalue weighted by Gasteiger charge is -2.26. The number of likely N-dealkylation sites (tertiary alicyclic amines) is 1. The quantitative estimate of drug-likeness (QED) is 0.374. The van der Waals surface area contributed by atoms with Crippen LogP contribution in [0.1, 0.15) is 42.9 Å². The van der Waals surface area contributed by atoms with Gasteiger partial charge in [0.1, 0.15) is 6.33 Å². The van der Waals surface area contributed by atoms with Gasteiger partial charge in [-0.2, -0.15) is 5.10 Å². The fourth-order valence-corrected chi connectivity index (χ4v) is 4.00. The topological polar surface area (TPSA) is 81.2 Å². The van der Waals surface area contributed by atoms with Crippen LogP contribution in [0.2, 0.25) is 0 Å². The van der Waals surface area contributed by atoms with Gasteiger partial charge in [-0.3, -0.25) is 10.00 Å². The molecule has 3 aromatic rings. The average Bonchev–Trinajstić information content (AvgIpc) is 3.38. The molecule has 0 spiro atoms. The molecule has 0 aliphatic carbocycles. The van der Waals surface area contributed by atoms with Gasteiger partial charge in [0.2, 0.25) is 0 Å². The Morgan fingerprint density at radius 1 is 1.00 bits per heavy atom. The molecule has 32 heavy (non-hydrogen) atoms. The standard InChI is InChI=1S/C25H33N7/c1-2-26-25(28-17-22-7-6-8-23(15-22)24-29-19-30-31-24)27-16-20-9-11-21(12-10-20)18-32-13-4-3-5-14-32/h6-12,15,19H,2-5,13-14,16-18H2,1H3,(H2,26,27,28)(H,29,30,31). The second-order valence-electron chi connectivity index (χ2n) is 8.24. The van der Waals surface area contributed by atoms with Crippen molar-refractivity contribution >= 4 is 5.96 Å². The lowest BCUT2D eigenvalue weighted by Crippen LogP contribution is -2.36. The van der Waals surface area contributed by atoms with Gasteiger partial charge in [-0.1, -0.05) is 48.9 Å². The zero-order valence-electron chi connectivity index (χ0n) is 18.8. The molecule has 0 radical (unpaired) electrons. The van der Waals surface area contributed by atoms with Crippen molar-refractivity contribution in [1.82, 2.24) is 30.7 Å². The van der Waals surface area contributed by atoms with E-state index in [4.69, 9.17) is 4.99 Å². The van der Waals surface area contributed by atoms with Crippen molar-refractivity contribution in [3.05, 3.63) is 71.5 Å². The van der Waals surface area contributed by atoms with Crippen molar-refractivity contribution in [2.45, 2.75) is 45.8 Å². The van der Waals surface area contributed by atoms with Crippen LogP contribution in [0, 0.1) is 0 Å². The molecule has 0 saturated carbocycles. The number of H-pyrrole nitrogens is 1. The van der Waals surface area contributed by atoms with Gasteiger partial charge in [-0.05, 0) is 55.6 Å². The van der Waals surface area contributed by atoms with Crippen molar-refractivity contribution in [2.24, 2.45) is 4.99 Å². The molecule has 0 atom stereocenters. The number of nitrogens with one attached hydrogen (secondary N) is 3. The minimum atomic E-state index is 0.589. The Balaban J connectivity index is 1.32. The first-order chi connectivity index (χ1) is 15.8. The van der Waals surface area contributed by atoms with E-state index in [2.05, 4.69) is 74.0 Å². The van der Waals surface area contributed by atoms with Crippen LogP contribution >= 0.6 is 0 Å². The molecule has 4 rings (SSSR count). The summed E-state index contributed by atoms with van der Waals surface area (Å²) < 4.78 is 0. The molecule has 1 aliphatic rings. The number of benzene rings is 2. The zero-order chi connectivity index (χ0) is 22.0. The maximum absolute atomic E-state index is 4.76. The maximum Gasteiger partial charge on any atom is 0.191 e. The molecule has 1 fully saturated rings. The van der Waals surface area contributed by atoms with Gasteiger partial charge in [0.25, 0.3) is 0 Å². The molecule has 1 aliphatic heterocycles. The highest BCUT2D eigenvalue weighted by Gasteiger charge is 2.10. The third-order valence-corrected chi connectivity index (χ3v) is 5.72. The third-order valence-electron chi connectivity index (χ3n) is 5.72. The lowest BCUT2D eigenvalue weighted by molar-refractivity contribution is 0.221. The average molecular weight is 432 g/mol.